The van der Waals surface area contributed by atoms with Crippen molar-refractivity contribution in [2.75, 3.05) is 0 Å². The Balaban J connectivity index is 2.46. The van der Waals surface area contributed by atoms with Crippen LogP contribution >= 0.6 is 0 Å². The summed E-state index contributed by atoms with van der Waals surface area (Å²) in [7, 11) is 0. The first-order valence-electron chi connectivity index (χ1n) is 5.05. The highest BCUT2D eigenvalue weighted by molar-refractivity contribution is 5.85. The lowest BCUT2D eigenvalue weighted by molar-refractivity contribution is -0.144. The van der Waals surface area contributed by atoms with Crippen molar-refractivity contribution in [2.45, 2.75) is 39.2 Å². The molecule has 4 heteroatoms. The molecule has 0 saturated heterocycles. The highest BCUT2D eigenvalue weighted by Gasteiger charge is 2.30. The number of hydrogen-bond donors (Lipinski definition) is 2. The number of carbonyl (C=O) groups is 2. The minimum absolute atomic E-state index is 0.0515. The smallest absolute Gasteiger partial charge is 0.326 e. The third-order valence-electron chi connectivity index (χ3n) is 2.71. The highest BCUT2D eigenvalue weighted by Crippen LogP contribution is 2.26. The molecule has 0 aliphatic heterocycles. The topological polar surface area (TPSA) is 66.4 Å². The minimum Gasteiger partial charge on any atom is -0.480 e. The van der Waals surface area contributed by atoms with Crippen molar-refractivity contribution in [3.05, 3.63) is 0 Å². The van der Waals surface area contributed by atoms with E-state index in [9.17, 15) is 9.59 Å². The van der Waals surface area contributed by atoms with Gasteiger partial charge in [-0.15, -0.1) is 0 Å². The van der Waals surface area contributed by atoms with Gasteiger partial charge in [-0.25, -0.2) is 4.79 Å². The highest BCUT2D eigenvalue weighted by atomic mass is 16.4. The first-order valence-corrected chi connectivity index (χ1v) is 5.05. The van der Waals surface area contributed by atoms with Gasteiger partial charge in [-0.3, -0.25) is 4.79 Å². The van der Waals surface area contributed by atoms with Crippen LogP contribution in [0.3, 0.4) is 0 Å². The van der Waals surface area contributed by atoms with Gasteiger partial charge in [-0.2, -0.15) is 0 Å². The van der Waals surface area contributed by atoms with Gasteiger partial charge in [-0.05, 0) is 18.8 Å². The van der Waals surface area contributed by atoms with Crippen LogP contribution in [-0.4, -0.2) is 23.0 Å². The van der Waals surface area contributed by atoms with E-state index in [1.165, 1.54) is 0 Å². The summed E-state index contributed by atoms with van der Waals surface area (Å²) in [5.74, 6) is -1.07. The van der Waals surface area contributed by atoms with Crippen LogP contribution in [0.1, 0.15) is 33.1 Å². The van der Waals surface area contributed by atoms with E-state index >= 15 is 0 Å². The molecule has 0 unspecified atom stereocenters. The Morgan fingerprint density at radius 2 is 1.93 bits per heavy atom. The van der Waals surface area contributed by atoms with Crippen molar-refractivity contribution in [3.63, 3.8) is 0 Å². The lowest BCUT2D eigenvalue weighted by Gasteiger charge is -2.27. The van der Waals surface area contributed by atoms with Crippen molar-refractivity contribution in [1.29, 1.82) is 0 Å². The summed E-state index contributed by atoms with van der Waals surface area (Å²) in [4.78, 5) is 22.3. The molecular formula is C10H17NO3. The molecule has 0 aromatic rings. The predicted octanol–water partition coefficient (Wildman–Crippen LogP) is 1.01. The number of hydrogen-bond acceptors (Lipinski definition) is 2. The maximum Gasteiger partial charge on any atom is 0.326 e. The molecule has 1 saturated carbocycles. The van der Waals surface area contributed by atoms with Crippen molar-refractivity contribution in [1.82, 2.24) is 5.32 Å². The molecule has 0 heterocycles. The molecule has 80 valence electrons. The molecule has 0 spiro atoms. The van der Waals surface area contributed by atoms with Crippen LogP contribution < -0.4 is 5.32 Å². The zero-order valence-corrected chi connectivity index (χ0v) is 8.62. The van der Waals surface area contributed by atoms with Crippen LogP contribution in [0, 0.1) is 11.8 Å². The summed E-state index contributed by atoms with van der Waals surface area (Å²) in [5, 5.41) is 11.4. The van der Waals surface area contributed by atoms with Gasteiger partial charge in [0, 0.05) is 5.92 Å². The van der Waals surface area contributed by atoms with Crippen LogP contribution in [-0.2, 0) is 9.59 Å². The quantitative estimate of drug-likeness (QED) is 0.710. The van der Waals surface area contributed by atoms with Crippen molar-refractivity contribution < 1.29 is 14.7 Å². The van der Waals surface area contributed by atoms with Crippen LogP contribution in [0.2, 0.25) is 0 Å². The first kappa shape index (κ1) is 11.0. The fourth-order valence-corrected chi connectivity index (χ4v) is 1.46. The van der Waals surface area contributed by atoms with E-state index in [0.29, 0.717) is 0 Å². The molecule has 1 aliphatic carbocycles. The molecule has 1 aliphatic rings. The Bertz CT molecular complexity index is 234. The molecule has 4 nitrogen and oxygen atoms in total. The molecule has 0 aromatic heterocycles. The van der Waals surface area contributed by atoms with Crippen LogP contribution in [0.5, 0.6) is 0 Å². The Morgan fingerprint density at radius 1 is 1.36 bits per heavy atom. The van der Waals surface area contributed by atoms with E-state index in [1.54, 1.807) is 13.8 Å². The number of aliphatic carboxylic acids is 1. The summed E-state index contributed by atoms with van der Waals surface area (Å²) in [6.07, 6.45) is 2.88. The fourth-order valence-electron chi connectivity index (χ4n) is 1.46. The van der Waals surface area contributed by atoms with Crippen LogP contribution in [0.4, 0.5) is 0 Å². The molecule has 1 amide bonds. The Morgan fingerprint density at radius 3 is 2.21 bits per heavy atom. The van der Waals surface area contributed by atoms with E-state index in [-0.39, 0.29) is 17.7 Å². The lowest BCUT2D eigenvalue weighted by atomic mass is 9.84. The van der Waals surface area contributed by atoms with Crippen LogP contribution in [0.15, 0.2) is 0 Å². The second-order valence-corrected chi connectivity index (χ2v) is 4.20. The standard InChI is InChI=1S/C10H17NO3/c1-6(2)8(10(13)14)11-9(12)7-4-3-5-7/h6-8H,3-5H2,1-2H3,(H,11,12)(H,13,14)/t8-/m1/s1. The summed E-state index contributed by atoms with van der Waals surface area (Å²) in [5.41, 5.74) is 0. The number of rotatable bonds is 4. The molecule has 0 aromatic carbocycles. The Kier molecular flexibility index (Phi) is 3.49. The average molecular weight is 199 g/mol. The van der Waals surface area contributed by atoms with Gasteiger partial charge < -0.3 is 10.4 Å². The molecule has 1 atom stereocenters. The summed E-state index contributed by atoms with van der Waals surface area (Å²) < 4.78 is 0. The molecule has 1 fully saturated rings. The molecule has 1 rings (SSSR count). The van der Waals surface area contributed by atoms with E-state index in [4.69, 9.17) is 5.11 Å². The number of carbonyl (C=O) groups excluding carboxylic acids is 1. The molecule has 14 heavy (non-hydrogen) atoms. The largest absolute Gasteiger partial charge is 0.480 e. The van der Waals surface area contributed by atoms with Crippen molar-refractivity contribution in [2.24, 2.45) is 11.8 Å². The number of nitrogens with one attached hydrogen (secondary N) is 1. The monoisotopic (exact) mass is 199 g/mol. The molecule has 2 N–H and O–H groups in total. The number of carboxylic acids is 1. The normalized spacial score (nSPS) is 18.8. The third kappa shape index (κ3) is 2.47. The minimum atomic E-state index is -0.951. The van der Waals surface area contributed by atoms with Gasteiger partial charge in [0.25, 0.3) is 0 Å². The average Bonchev–Trinajstić information content (AvgIpc) is 1.95. The summed E-state index contributed by atoms with van der Waals surface area (Å²) in [6.45, 7) is 3.58. The van der Waals surface area contributed by atoms with Gasteiger partial charge in [-0.1, -0.05) is 20.3 Å². The maximum atomic E-state index is 11.5. The van der Waals surface area contributed by atoms with E-state index in [0.717, 1.165) is 19.3 Å². The predicted molar refractivity (Wildman–Crippen MR) is 51.7 cm³/mol. The lowest BCUT2D eigenvalue weighted by Crippen LogP contribution is -2.47. The molecular weight excluding hydrogens is 182 g/mol. The van der Waals surface area contributed by atoms with Crippen LogP contribution in [0.25, 0.3) is 0 Å². The number of amides is 1. The SMILES string of the molecule is CC(C)[C@@H](NC(=O)C1CCC1)C(=O)O. The summed E-state index contributed by atoms with van der Waals surface area (Å²) in [6, 6.07) is -0.747. The maximum absolute atomic E-state index is 11.5. The second-order valence-electron chi connectivity index (χ2n) is 4.20. The van der Waals surface area contributed by atoms with E-state index in [1.807, 2.05) is 0 Å². The third-order valence-corrected chi connectivity index (χ3v) is 2.71. The zero-order valence-electron chi connectivity index (χ0n) is 8.62. The Labute approximate surface area is 83.7 Å². The second kappa shape index (κ2) is 4.44. The van der Waals surface area contributed by atoms with Gasteiger partial charge in [0.1, 0.15) is 6.04 Å². The van der Waals surface area contributed by atoms with E-state index < -0.39 is 12.0 Å². The number of carboxylic acid groups (broad SMARTS) is 1. The van der Waals surface area contributed by atoms with Gasteiger partial charge in [0.05, 0.1) is 0 Å². The first-order chi connectivity index (χ1) is 6.52. The fraction of sp³-hybridized carbons (Fsp3) is 0.800. The van der Waals surface area contributed by atoms with Gasteiger partial charge >= 0.3 is 5.97 Å². The molecule has 0 bridgehead atoms. The summed E-state index contributed by atoms with van der Waals surface area (Å²) >= 11 is 0. The van der Waals surface area contributed by atoms with Crippen molar-refractivity contribution >= 4 is 11.9 Å². The molecule has 0 radical (unpaired) electrons. The zero-order chi connectivity index (χ0) is 10.7. The van der Waals surface area contributed by atoms with Gasteiger partial charge in [0.15, 0.2) is 0 Å². The van der Waals surface area contributed by atoms with E-state index in [2.05, 4.69) is 5.32 Å². The Hall–Kier alpha value is -1.06. The van der Waals surface area contributed by atoms with Gasteiger partial charge in [0.2, 0.25) is 5.91 Å². The van der Waals surface area contributed by atoms with Crippen molar-refractivity contribution in [3.8, 4) is 0 Å².